The van der Waals surface area contributed by atoms with E-state index in [2.05, 4.69) is 109 Å². The summed E-state index contributed by atoms with van der Waals surface area (Å²) in [5.74, 6) is 0. The van der Waals surface area contributed by atoms with Crippen LogP contribution in [0.25, 0.3) is 87.5 Å². The van der Waals surface area contributed by atoms with Gasteiger partial charge in [0.25, 0.3) is 0 Å². The fourth-order valence-electron chi connectivity index (χ4n) is 6.81. The van der Waals surface area contributed by atoms with Crippen molar-refractivity contribution in [2.24, 2.45) is 0 Å². The molecule has 0 saturated carbocycles. The van der Waals surface area contributed by atoms with Crippen LogP contribution in [-0.4, -0.2) is 4.98 Å². The molecule has 0 unspecified atom stereocenters. The number of furan rings is 1. The van der Waals surface area contributed by atoms with E-state index in [4.69, 9.17) is 9.40 Å². The highest BCUT2D eigenvalue weighted by atomic mass is 16.3. The number of para-hydroxylation sites is 2. The summed E-state index contributed by atoms with van der Waals surface area (Å²) in [6.45, 7) is 0. The molecule has 43 heavy (non-hydrogen) atoms. The Bertz CT molecular complexity index is 2560. The Kier molecular flexibility index (Phi) is 4.97. The van der Waals surface area contributed by atoms with Crippen molar-refractivity contribution >= 4 is 65.2 Å². The molecule has 0 N–H and O–H groups in total. The summed E-state index contributed by atoms with van der Waals surface area (Å²) in [5.41, 5.74) is 7.64. The molecule has 0 fully saturated rings. The Morgan fingerprint density at radius 2 is 1.05 bits per heavy atom. The molecule has 0 radical (unpaired) electrons. The third-order valence-corrected chi connectivity index (χ3v) is 8.68. The quantitative estimate of drug-likeness (QED) is 0.160. The van der Waals surface area contributed by atoms with Crippen LogP contribution < -0.4 is 0 Å². The van der Waals surface area contributed by atoms with E-state index < -0.39 is 0 Å². The van der Waals surface area contributed by atoms with Gasteiger partial charge in [0.15, 0.2) is 0 Å². The van der Waals surface area contributed by atoms with Gasteiger partial charge in [-0.05, 0) is 63.0 Å². The molecule has 0 bridgehead atoms. The first-order valence-corrected chi connectivity index (χ1v) is 14.4. The van der Waals surface area contributed by atoms with Gasteiger partial charge in [-0.2, -0.15) is 5.26 Å². The molecule has 0 aliphatic rings. The van der Waals surface area contributed by atoms with Crippen LogP contribution in [-0.2, 0) is 0 Å². The molecular weight excluding hydrogens is 524 g/mol. The molecule has 0 saturated heterocycles. The standard InChI is InChI=1S/C40H22N2O/c41-23-24-17-19-25(20-18-24)36-27-10-1-3-12-29(27)37(30-13-4-2-11-28(30)36)39-33-22-21-31-26-9-6-8-16-35(26)43-40(31)38(33)32-14-5-7-15-34(32)42-39/h1-22H. The van der Waals surface area contributed by atoms with Crippen LogP contribution in [0.3, 0.4) is 0 Å². The van der Waals surface area contributed by atoms with Gasteiger partial charge in [0.05, 0.1) is 22.8 Å². The van der Waals surface area contributed by atoms with Crippen molar-refractivity contribution in [3.05, 3.63) is 139 Å². The second kappa shape index (κ2) is 9.01. The predicted molar refractivity (Wildman–Crippen MR) is 177 cm³/mol. The molecular formula is C40H22N2O. The number of hydrogen-bond acceptors (Lipinski definition) is 3. The lowest BCUT2D eigenvalue weighted by Gasteiger charge is -2.19. The summed E-state index contributed by atoms with van der Waals surface area (Å²) >= 11 is 0. The van der Waals surface area contributed by atoms with Gasteiger partial charge >= 0.3 is 0 Å². The van der Waals surface area contributed by atoms with Crippen LogP contribution in [0.15, 0.2) is 138 Å². The smallest absolute Gasteiger partial charge is 0.144 e. The van der Waals surface area contributed by atoms with Crippen molar-refractivity contribution in [1.29, 1.82) is 5.26 Å². The first-order chi connectivity index (χ1) is 21.3. The van der Waals surface area contributed by atoms with E-state index in [1.54, 1.807) is 0 Å². The number of rotatable bonds is 2. The Morgan fingerprint density at radius 1 is 0.488 bits per heavy atom. The van der Waals surface area contributed by atoms with E-state index in [1.807, 2.05) is 30.3 Å². The minimum absolute atomic E-state index is 0.651. The van der Waals surface area contributed by atoms with Crippen LogP contribution >= 0.6 is 0 Å². The molecule has 3 nitrogen and oxygen atoms in total. The van der Waals surface area contributed by atoms with Gasteiger partial charge in [-0.15, -0.1) is 0 Å². The van der Waals surface area contributed by atoms with Gasteiger partial charge < -0.3 is 4.42 Å². The number of pyridine rings is 1. The zero-order valence-corrected chi connectivity index (χ0v) is 23.0. The summed E-state index contributed by atoms with van der Waals surface area (Å²) in [7, 11) is 0. The maximum atomic E-state index is 9.41. The fraction of sp³-hybridized carbons (Fsp3) is 0. The van der Waals surface area contributed by atoms with E-state index >= 15 is 0 Å². The van der Waals surface area contributed by atoms with Crippen molar-refractivity contribution in [3.8, 4) is 28.5 Å². The number of aromatic nitrogens is 1. The molecule has 0 atom stereocenters. The van der Waals surface area contributed by atoms with Crippen molar-refractivity contribution in [2.75, 3.05) is 0 Å². The highest BCUT2D eigenvalue weighted by molar-refractivity contribution is 6.28. The van der Waals surface area contributed by atoms with E-state index in [0.29, 0.717) is 5.56 Å². The molecule has 2 heterocycles. The average Bonchev–Trinajstić information content (AvgIpc) is 3.46. The number of nitrogens with zero attached hydrogens (tertiary/aromatic N) is 2. The molecule has 0 aliphatic heterocycles. The molecule has 198 valence electrons. The maximum Gasteiger partial charge on any atom is 0.144 e. The molecule has 9 aromatic rings. The first kappa shape index (κ1) is 23.7. The van der Waals surface area contributed by atoms with Crippen molar-refractivity contribution in [1.82, 2.24) is 4.98 Å². The van der Waals surface area contributed by atoms with E-state index in [1.165, 1.54) is 0 Å². The monoisotopic (exact) mass is 546 g/mol. The molecule has 0 spiro atoms. The summed E-state index contributed by atoms with van der Waals surface area (Å²) in [4.78, 5) is 5.38. The van der Waals surface area contributed by atoms with Crippen molar-refractivity contribution in [2.45, 2.75) is 0 Å². The largest absolute Gasteiger partial charge is 0.455 e. The van der Waals surface area contributed by atoms with Gasteiger partial charge in [0, 0.05) is 32.5 Å². The van der Waals surface area contributed by atoms with Gasteiger partial charge in [-0.3, -0.25) is 0 Å². The molecule has 9 rings (SSSR count). The van der Waals surface area contributed by atoms with Crippen LogP contribution in [0.1, 0.15) is 5.56 Å². The highest BCUT2D eigenvalue weighted by Crippen LogP contribution is 2.47. The fourth-order valence-corrected chi connectivity index (χ4v) is 6.81. The molecule has 2 aromatic heterocycles. The van der Waals surface area contributed by atoms with Crippen LogP contribution in [0.5, 0.6) is 0 Å². The first-order valence-electron chi connectivity index (χ1n) is 14.4. The second-order valence-electron chi connectivity index (χ2n) is 11.0. The summed E-state index contributed by atoms with van der Waals surface area (Å²) < 4.78 is 6.58. The second-order valence-corrected chi connectivity index (χ2v) is 11.0. The van der Waals surface area contributed by atoms with E-state index in [9.17, 15) is 5.26 Å². The zero-order valence-electron chi connectivity index (χ0n) is 23.0. The Labute approximate surface area is 246 Å². The summed E-state index contributed by atoms with van der Waals surface area (Å²) in [6, 6.07) is 48.3. The molecule has 7 aromatic carbocycles. The summed E-state index contributed by atoms with van der Waals surface area (Å²) in [6.07, 6.45) is 0. The lowest BCUT2D eigenvalue weighted by atomic mass is 9.86. The molecule has 0 aliphatic carbocycles. The van der Waals surface area contributed by atoms with Gasteiger partial charge in [0.1, 0.15) is 11.2 Å². The topological polar surface area (TPSA) is 49.8 Å². The number of fused-ring (bicyclic) bond motifs is 9. The highest BCUT2D eigenvalue weighted by Gasteiger charge is 2.22. The van der Waals surface area contributed by atoms with Crippen LogP contribution in [0, 0.1) is 11.3 Å². The third-order valence-electron chi connectivity index (χ3n) is 8.68. The van der Waals surface area contributed by atoms with E-state index in [0.717, 1.165) is 87.5 Å². The lowest BCUT2D eigenvalue weighted by Crippen LogP contribution is -1.95. The Balaban J connectivity index is 1.48. The van der Waals surface area contributed by atoms with Gasteiger partial charge in [-0.1, -0.05) is 103 Å². The Morgan fingerprint density at radius 3 is 1.72 bits per heavy atom. The number of hydrogen-bond donors (Lipinski definition) is 0. The molecule has 3 heteroatoms. The number of benzene rings is 7. The Hall–Kier alpha value is -5.98. The van der Waals surface area contributed by atoms with Crippen molar-refractivity contribution < 1.29 is 4.42 Å². The minimum Gasteiger partial charge on any atom is -0.455 e. The molecule has 0 amide bonds. The average molecular weight is 547 g/mol. The van der Waals surface area contributed by atoms with E-state index in [-0.39, 0.29) is 0 Å². The van der Waals surface area contributed by atoms with Crippen LogP contribution in [0.4, 0.5) is 0 Å². The summed E-state index contributed by atoms with van der Waals surface area (Å²) in [5, 5.41) is 19.4. The SMILES string of the molecule is N#Cc1ccc(-c2c3ccccc3c(-c3nc4ccccc4c4c3ccc3c5ccccc5oc34)c3ccccc23)cc1. The lowest BCUT2D eigenvalue weighted by molar-refractivity contribution is 0.673. The van der Waals surface area contributed by atoms with Gasteiger partial charge in [-0.25, -0.2) is 4.98 Å². The minimum atomic E-state index is 0.651. The predicted octanol–water partition coefficient (Wildman–Crippen LogP) is 10.8. The number of nitriles is 1. The third kappa shape index (κ3) is 3.38. The van der Waals surface area contributed by atoms with Gasteiger partial charge in [0.2, 0.25) is 0 Å². The van der Waals surface area contributed by atoms with Crippen LogP contribution in [0.2, 0.25) is 0 Å². The van der Waals surface area contributed by atoms with Crippen molar-refractivity contribution in [3.63, 3.8) is 0 Å². The zero-order chi connectivity index (χ0) is 28.5. The maximum absolute atomic E-state index is 9.41. The normalized spacial score (nSPS) is 11.7.